The summed E-state index contributed by atoms with van der Waals surface area (Å²) in [6, 6.07) is 6.39. The van der Waals surface area contributed by atoms with Crippen LogP contribution in [-0.4, -0.2) is 13.7 Å². The molecule has 0 heterocycles. The average molecular weight is 190 g/mol. The fourth-order valence-corrected chi connectivity index (χ4v) is 1.59. The Kier molecular flexibility index (Phi) is 3.15. The molecule has 3 nitrogen and oxygen atoms in total. The molecule has 2 atom stereocenters. The summed E-state index contributed by atoms with van der Waals surface area (Å²) in [5.74, 6) is 0. The molecule has 0 aliphatic heterocycles. The second kappa shape index (κ2) is 3.93. The summed E-state index contributed by atoms with van der Waals surface area (Å²) in [5, 5.41) is 0.671. The van der Waals surface area contributed by atoms with Crippen molar-refractivity contribution >= 4 is 25.2 Å². The Morgan fingerprint density at radius 2 is 2.18 bits per heavy atom. The van der Waals surface area contributed by atoms with Gasteiger partial charge in [0.15, 0.2) is 11.1 Å². The van der Waals surface area contributed by atoms with E-state index in [0.717, 1.165) is 0 Å². The minimum Gasteiger partial charge on any atom is -0.372 e. The highest BCUT2D eigenvalue weighted by molar-refractivity contribution is 7.79. The van der Waals surface area contributed by atoms with Crippen molar-refractivity contribution in [1.82, 2.24) is 0 Å². The second-order valence-corrected chi connectivity index (χ2v) is 3.66. The summed E-state index contributed by atoms with van der Waals surface area (Å²) < 4.78 is 19.1. The fourth-order valence-electron chi connectivity index (χ4n) is 0.674. The first-order valence-electron chi connectivity index (χ1n) is 2.85. The lowest BCUT2D eigenvalue weighted by Crippen LogP contribution is -1.96. The van der Waals surface area contributed by atoms with Gasteiger partial charge in [0.25, 0.3) is 0 Å². The number of benzene rings is 1. The predicted octanol–water partition coefficient (Wildman–Crippen LogP) is 0.478. The summed E-state index contributed by atoms with van der Waals surface area (Å²) in [5.41, 5.74) is 0. The van der Waals surface area contributed by atoms with Gasteiger partial charge in [-0.05, 0) is 12.1 Å². The first kappa shape index (κ1) is 8.81. The lowest BCUT2D eigenvalue weighted by Gasteiger charge is -1.96. The van der Waals surface area contributed by atoms with E-state index in [1.807, 2.05) is 0 Å². The molecule has 1 aromatic rings. The van der Waals surface area contributed by atoms with Crippen LogP contribution in [0.25, 0.3) is 0 Å². The molecule has 0 amide bonds. The van der Waals surface area contributed by atoms with Crippen molar-refractivity contribution in [2.45, 2.75) is 4.90 Å². The van der Waals surface area contributed by atoms with E-state index in [1.165, 1.54) is 6.07 Å². The molecule has 1 aromatic carbocycles. The summed E-state index contributed by atoms with van der Waals surface area (Å²) in [4.78, 5) is 9.01. The van der Waals surface area contributed by atoms with Gasteiger partial charge in [0.1, 0.15) is 0 Å². The van der Waals surface area contributed by atoms with Gasteiger partial charge in [-0.3, -0.25) is 0 Å². The van der Waals surface area contributed by atoms with E-state index in [2.05, 4.69) is 0 Å². The van der Waals surface area contributed by atoms with Crippen molar-refractivity contribution in [2.75, 3.05) is 0 Å². The normalized spacial score (nSPS) is 14.0. The van der Waals surface area contributed by atoms with Crippen molar-refractivity contribution in [3.63, 3.8) is 0 Å². The molecule has 1 rings (SSSR count). The Balaban J connectivity index is 3.01. The number of rotatable bonds is 2. The molecule has 0 aliphatic carbocycles. The van der Waals surface area contributed by atoms with Gasteiger partial charge in [0, 0.05) is 14.1 Å². The van der Waals surface area contributed by atoms with E-state index in [9.17, 15) is 4.21 Å². The van der Waals surface area contributed by atoms with Gasteiger partial charge in [-0.1, -0.05) is 12.1 Å². The lowest BCUT2D eigenvalue weighted by atomic mass is 10.4. The summed E-state index contributed by atoms with van der Waals surface area (Å²) >= 11 is -1.95. The molecule has 0 spiro atoms. The standard InChI is InChI=1S/C6H7O3PS/c7-10-5-2-1-3-6(4-5)11(8)9/h1-4,7,10H,(H,8,9). The Morgan fingerprint density at radius 3 is 2.73 bits per heavy atom. The van der Waals surface area contributed by atoms with Crippen molar-refractivity contribution in [3.8, 4) is 0 Å². The minimum atomic E-state index is -1.95. The van der Waals surface area contributed by atoms with E-state index < -0.39 is 11.1 Å². The largest absolute Gasteiger partial charge is 0.372 e. The van der Waals surface area contributed by atoms with Crippen LogP contribution in [0.1, 0.15) is 0 Å². The molecule has 0 saturated carbocycles. The average Bonchev–Trinajstić information content (AvgIpc) is 2.05. The van der Waals surface area contributed by atoms with Gasteiger partial charge in [-0.25, -0.2) is 4.21 Å². The van der Waals surface area contributed by atoms with Crippen LogP contribution < -0.4 is 5.30 Å². The van der Waals surface area contributed by atoms with Crippen LogP contribution in [0, 0.1) is 0 Å². The third-order valence-corrected chi connectivity index (χ3v) is 2.39. The maximum atomic E-state index is 10.5. The first-order valence-corrected chi connectivity index (χ1v) is 4.90. The lowest BCUT2D eigenvalue weighted by molar-refractivity contribution is 0.564. The molecule has 0 fully saturated rings. The summed E-state index contributed by atoms with van der Waals surface area (Å²) in [6.45, 7) is 0. The van der Waals surface area contributed by atoms with Gasteiger partial charge >= 0.3 is 0 Å². The molecule has 60 valence electrons. The molecule has 5 heteroatoms. The van der Waals surface area contributed by atoms with Crippen molar-refractivity contribution in [3.05, 3.63) is 24.3 Å². The molecule has 0 bridgehead atoms. The number of hydrogen-bond acceptors (Lipinski definition) is 2. The Morgan fingerprint density at radius 1 is 1.45 bits per heavy atom. The van der Waals surface area contributed by atoms with Crippen molar-refractivity contribution in [2.24, 2.45) is 0 Å². The smallest absolute Gasteiger partial charge is 0.186 e. The van der Waals surface area contributed by atoms with E-state index in [0.29, 0.717) is 10.2 Å². The zero-order valence-electron chi connectivity index (χ0n) is 5.52. The third kappa shape index (κ3) is 2.34. The van der Waals surface area contributed by atoms with Gasteiger partial charge in [-0.15, -0.1) is 0 Å². The molecular weight excluding hydrogens is 183 g/mol. The predicted molar refractivity (Wildman–Crippen MR) is 45.6 cm³/mol. The first-order chi connectivity index (χ1) is 5.24. The van der Waals surface area contributed by atoms with E-state index >= 15 is 0 Å². The monoisotopic (exact) mass is 190 g/mol. The highest BCUT2D eigenvalue weighted by atomic mass is 32.2. The Bertz CT molecular complexity index is 276. The van der Waals surface area contributed by atoms with Crippen LogP contribution in [0.2, 0.25) is 0 Å². The SMILES string of the molecule is O=S(O)c1cccc(PO)c1. The Hall–Kier alpha value is -0.280. The quantitative estimate of drug-likeness (QED) is 0.526. The van der Waals surface area contributed by atoms with Gasteiger partial charge in [-0.2, -0.15) is 0 Å². The third-order valence-electron chi connectivity index (χ3n) is 1.16. The van der Waals surface area contributed by atoms with Crippen LogP contribution in [0.3, 0.4) is 0 Å². The van der Waals surface area contributed by atoms with Crippen LogP contribution in [0.4, 0.5) is 0 Å². The van der Waals surface area contributed by atoms with Crippen LogP contribution in [0.5, 0.6) is 0 Å². The zero-order valence-corrected chi connectivity index (χ0v) is 7.34. The van der Waals surface area contributed by atoms with Crippen molar-refractivity contribution in [1.29, 1.82) is 0 Å². The topological polar surface area (TPSA) is 57.5 Å². The van der Waals surface area contributed by atoms with Gasteiger partial charge in [0.05, 0.1) is 4.90 Å². The fraction of sp³-hybridized carbons (Fsp3) is 0. The van der Waals surface area contributed by atoms with Gasteiger partial charge < -0.3 is 9.45 Å². The van der Waals surface area contributed by atoms with Crippen molar-refractivity contribution < 1.29 is 13.7 Å². The van der Waals surface area contributed by atoms with E-state index in [-0.39, 0.29) is 8.81 Å². The highest BCUT2D eigenvalue weighted by Crippen LogP contribution is 2.07. The van der Waals surface area contributed by atoms with Crippen LogP contribution >= 0.6 is 8.81 Å². The second-order valence-electron chi connectivity index (χ2n) is 1.89. The molecule has 2 N–H and O–H groups in total. The van der Waals surface area contributed by atoms with E-state index in [1.54, 1.807) is 18.2 Å². The number of hydrogen-bond donors (Lipinski definition) is 2. The minimum absolute atomic E-state index is 0.323. The maximum absolute atomic E-state index is 10.5. The molecular formula is C6H7O3PS. The summed E-state index contributed by atoms with van der Waals surface area (Å²) in [6.07, 6.45) is 0. The van der Waals surface area contributed by atoms with Crippen LogP contribution in [0.15, 0.2) is 29.2 Å². The Labute approximate surface area is 68.6 Å². The molecule has 11 heavy (non-hydrogen) atoms. The zero-order chi connectivity index (χ0) is 8.27. The summed E-state index contributed by atoms with van der Waals surface area (Å²) in [7, 11) is -0.326. The molecule has 0 radical (unpaired) electrons. The molecule has 0 saturated heterocycles. The van der Waals surface area contributed by atoms with E-state index in [4.69, 9.17) is 9.45 Å². The van der Waals surface area contributed by atoms with Gasteiger partial charge in [0.2, 0.25) is 0 Å². The molecule has 0 aliphatic rings. The van der Waals surface area contributed by atoms with Crippen LogP contribution in [-0.2, 0) is 11.1 Å². The molecule has 0 aromatic heterocycles. The maximum Gasteiger partial charge on any atom is 0.186 e. The molecule has 2 unspecified atom stereocenters. The highest BCUT2D eigenvalue weighted by Gasteiger charge is 1.99.